The molecule has 1 unspecified atom stereocenters. The number of pyridine rings is 1. The predicted molar refractivity (Wildman–Crippen MR) is 124 cm³/mol. The molecule has 3 aromatic heterocycles. The second kappa shape index (κ2) is 11.6. The molecule has 0 aliphatic carbocycles. The number of carbonyl (C=O) groups is 1. The van der Waals surface area contributed by atoms with E-state index in [4.69, 9.17) is 14.7 Å². The van der Waals surface area contributed by atoms with Crippen molar-refractivity contribution in [3.05, 3.63) is 36.5 Å². The molecule has 3 heterocycles. The average Bonchev–Trinajstić information content (AvgIpc) is 3.36. The number of amides is 2. The summed E-state index contributed by atoms with van der Waals surface area (Å²) in [6, 6.07) is -4.36. The van der Waals surface area contributed by atoms with Crippen LogP contribution in [0.2, 0.25) is 0 Å². The number of imidazole rings is 1. The summed E-state index contributed by atoms with van der Waals surface area (Å²) in [6.45, 7) is 0.564. The van der Waals surface area contributed by atoms with Crippen LogP contribution in [-0.2, 0) is 0 Å². The highest BCUT2D eigenvalue weighted by Crippen LogP contribution is 2.40. The number of urea groups is 1. The zero-order valence-electron chi connectivity index (χ0n) is 20.8. The SMILES string of the molecule is CCN(C(=O)NC(CCC#N)C(F)(F)F)[C@@H](c1cc(-c2cn3ccnc3c(OC)n2)c(OC)cn1)C(F)(F)F. The van der Waals surface area contributed by atoms with Gasteiger partial charge in [0, 0.05) is 37.1 Å². The molecule has 0 saturated heterocycles. The predicted octanol–water partition coefficient (Wildman–Crippen LogP) is 4.68. The van der Waals surface area contributed by atoms with Crippen molar-refractivity contribution in [3.63, 3.8) is 0 Å². The Labute approximate surface area is 218 Å². The van der Waals surface area contributed by atoms with Crippen molar-refractivity contribution in [2.75, 3.05) is 20.8 Å². The van der Waals surface area contributed by atoms with E-state index in [9.17, 15) is 31.1 Å². The van der Waals surface area contributed by atoms with E-state index < -0.39 is 55.5 Å². The number of alkyl halides is 6. The Kier molecular flexibility index (Phi) is 8.72. The number of rotatable bonds is 9. The fraction of sp³-hybridized carbons (Fsp3) is 0.435. The van der Waals surface area contributed by atoms with Crippen LogP contribution in [0.25, 0.3) is 16.9 Å². The first-order valence-electron chi connectivity index (χ1n) is 11.3. The number of hydrogen-bond donors (Lipinski definition) is 1. The van der Waals surface area contributed by atoms with Gasteiger partial charge in [-0.2, -0.15) is 31.6 Å². The van der Waals surface area contributed by atoms with Gasteiger partial charge < -0.3 is 24.1 Å². The highest BCUT2D eigenvalue weighted by atomic mass is 19.4. The third-order valence-electron chi connectivity index (χ3n) is 5.66. The van der Waals surface area contributed by atoms with Gasteiger partial charge in [0.25, 0.3) is 5.88 Å². The van der Waals surface area contributed by atoms with Gasteiger partial charge in [-0.15, -0.1) is 0 Å². The lowest BCUT2D eigenvalue weighted by Gasteiger charge is -2.33. The summed E-state index contributed by atoms with van der Waals surface area (Å²) in [4.78, 5) is 25.2. The first-order chi connectivity index (χ1) is 18.3. The molecule has 0 fully saturated rings. The van der Waals surface area contributed by atoms with Gasteiger partial charge in [0.05, 0.1) is 37.9 Å². The fourth-order valence-corrected chi connectivity index (χ4v) is 3.85. The minimum Gasteiger partial charge on any atom is -0.494 e. The van der Waals surface area contributed by atoms with Crippen molar-refractivity contribution in [1.82, 2.24) is 29.6 Å². The molecular weight excluding hydrogens is 536 g/mol. The molecule has 2 atom stereocenters. The lowest BCUT2D eigenvalue weighted by atomic mass is 10.1. The molecule has 10 nitrogen and oxygen atoms in total. The maximum atomic E-state index is 14.4. The zero-order valence-corrected chi connectivity index (χ0v) is 20.8. The van der Waals surface area contributed by atoms with E-state index in [-0.39, 0.29) is 27.8 Å². The van der Waals surface area contributed by atoms with Gasteiger partial charge in [-0.25, -0.2) is 14.8 Å². The quantitative estimate of drug-likeness (QED) is 0.379. The molecule has 0 spiro atoms. The summed E-state index contributed by atoms with van der Waals surface area (Å²) in [5.41, 5.74) is -0.196. The molecule has 16 heteroatoms. The number of aromatic nitrogens is 4. The summed E-state index contributed by atoms with van der Waals surface area (Å²) in [5.74, 6) is 0.102. The van der Waals surface area contributed by atoms with Gasteiger partial charge in [-0.3, -0.25) is 4.98 Å². The highest BCUT2D eigenvalue weighted by Gasteiger charge is 2.49. The van der Waals surface area contributed by atoms with Gasteiger partial charge in [0.15, 0.2) is 11.7 Å². The van der Waals surface area contributed by atoms with Crippen molar-refractivity contribution < 1.29 is 40.6 Å². The Bertz CT molecular complexity index is 1350. The van der Waals surface area contributed by atoms with Gasteiger partial charge in [-0.05, 0) is 19.4 Å². The van der Waals surface area contributed by atoms with E-state index in [1.54, 1.807) is 11.5 Å². The summed E-state index contributed by atoms with van der Waals surface area (Å²) in [6.07, 6.45) is -6.04. The first-order valence-corrected chi connectivity index (χ1v) is 11.3. The monoisotopic (exact) mass is 559 g/mol. The number of nitriles is 1. The Hall–Kier alpha value is -4.29. The molecule has 0 aliphatic heterocycles. The number of nitrogens with one attached hydrogen (secondary N) is 1. The standard InChI is InChI=1S/C23H23F6N7O3/c1-4-36(21(37)34-17(6-5-7-30)22(24,25)26)18(23(27,28)29)14-10-13(16(38-2)11-32-14)15-12-35-9-8-31-19(35)20(33-15)39-3/h8-12,17-18H,4-6H2,1-3H3,(H,34,37)/t17?,18-/m0/s1. The lowest BCUT2D eigenvalue weighted by Crippen LogP contribution is -2.53. The van der Waals surface area contributed by atoms with Crippen LogP contribution in [0.3, 0.4) is 0 Å². The molecule has 210 valence electrons. The van der Waals surface area contributed by atoms with E-state index in [0.29, 0.717) is 5.65 Å². The number of nitrogens with zero attached hydrogens (tertiary/aromatic N) is 6. The smallest absolute Gasteiger partial charge is 0.414 e. The van der Waals surface area contributed by atoms with Crippen LogP contribution >= 0.6 is 0 Å². The van der Waals surface area contributed by atoms with Crippen LogP contribution in [0.1, 0.15) is 31.5 Å². The molecule has 0 bridgehead atoms. The average molecular weight is 559 g/mol. The molecule has 3 aromatic rings. The molecule has 39 heavy (non-hydrogen) atoms. The summed E-state index contributed by atoms with van der Waals surface area (Å²) >= 11 is 0. The van der Waals surface area contributed by atoms with Crippen LogP contribution < -0.4 is 14.8 Å². The Morgan fingerprint density at radius 1 is 1.18 bits per heavy atom. The molecule has 3 rings (SSSR count). The summed E-state index contributed by atoms with van der Waals surface area (Å²) in [7, 11) is 2.59. The molecule has 0 aromatic carbocycles. The maximum absolute atomic E-state index is 14.4. The third-order valence-corrected chi connectivity index (χ3v) is 5.66. The Morgan fingerprint density at radius 3 is 2.46 bits per heavy atom. The Morgan fingerprint density at radius 2 is 1.90 bits per heavy atom. The van der Waals surface area contributed by atoms with E-state index in [2.05, 4.69) is 15.0 Å². The second-order valence-corrected chi connectivity index (χ2v) is 8.07. The number of fused-ring (bicyclic) bond motifs is 1. The molecular formula is C23H23F6N7O3. The number of carbonyl (C=O) groups excluding carboxylic acids is 1. The van der Waals surface area contributed by atoms with Gasteiger partial charge in [0.2, 0.25) is 0 Å². The van der Waals surface area contributed by atoms with E-state index >= 15 is 0 Å². The van der Waals surface area contributed by atoms with Crippen LogP contribution in [0.5, 0.6) is 11.6 Å². The molecule has 0 aliphatic rings. The Balaban J connectivity index is 2.09. The normalized spacial score (nSPS) is 13.4. The van der Waals surface area contributed by atoms with E-state index in [1.807, 2.05) is 0 Å². The van der Waals surface area contributed by atoms with Gasteiger partial charge in [-0.1, -0.05) is 0 Å². The summed E-state index contributed by atoms with van der Waals surface area (Å²) < 4.78 is 95.3. The van der Waals surface area contributed by atoms with Crippen LogP contribution in [0.4, 0.5) is 31.1 Å². The zero-order chi connectivity index (χ0) is 29.0. The molecule has 2 amide bonds. The maximum Gasteiger partial charge on any atom is 0.414 e. The van der Waals surface area contributed by atoms with Crippen molar-refractivity contribution in [2.45, 2.75) is 44.2 Å². The van der Waals surface area contributed by atoms with Crippen molar-refractivity contribution in [1.29, 1.82) is 5.26 Å². The summed E-state index contributed by atoms with van der Waals surface area (Å²) in [5, 5.41) is 10.2. The number of halogens is 6. The van der Waals surface area contributed by atoms with Crippen LogP contribution in [0, 0.1) is 11.3 Å². The van der Waals surface area contributed by atoms with Crippen LogP contribution in [0.15, 0.2) is 30.9 Å². The number of hydrogen-bond acceptors (Lipinski definition) is 7. The first kappa shape index (κ1) is 29.3. The topological polar surface area (TPSA) is 118 Å². The second-order valence-electron chi connectivity index (χ2n) is 8.07. The minimum atomic E-state index is -5.13. The van der Waals surface area contributed by atoms with E-state index in [1.165, 1.54) is 44.0 Å². The minimum absolute atomic E-state index is 0.0369. The van der Waals surface area contributed by atoms with Gasteiger partial charge >= 0.3 is 18.4 Å². The molecule has 0 saturated carbocycles. The number of methoxy groups -OCH3 is 2. The molecule has 1 N–H and O–H groups in total. The van der Waals surface area contributed by atoms with E-state index in [0.717, 1.165) is 12.3 Å². The van der Waals surface area contributed by atoms with Gasteiger partial charge in [0.1, 0.15) is 11.8 Å². The van der Waals surface area contributed by atoms with Crippen LogP contribution in [-0.4, -0.2) is 69.4 Å². The fourth-order valence-electron chi connectivity index (χ4n) is 3.85. The van der Waals surface area contributed by atoms with Crippen molar-refractivity contribution in [3.8, 4) is 29.0 Å². The number of ether oxygens (including phenoxy) is 2. The van der Waals surface area contributed by atoms with Crippen molar-refractivity contribution >= 4 is 11.7 Å². The van der Waals surface area contributed by atoms with Crippen molar-refractivity contribution in [2.24, 2.45) is 0 Å². The molecule has 0 radical (unpaired) electrons. The lowest BCUT2D eigenvalue weighted by molar-refractivity contribution is -0.180. The third kappa shape index (κ3) is 6.41. The highest BCUT2D eigenvalue weighted by molar-refractivity contribution is 5.76. The largest absolute Gasteiger partial charge is 0.494 e.